The Bertz CT molecular complexity index is 1180. The summed E-state index contributed by atoms with van der Waals surface area (Å²) in [5.74, 6) is -3.23. The molecular formula is C20H17ClO8. The monoisotopic (exact) mass is 420 g/mol. The largest absolute Gasteiger partial charge is 0.508 e. The van der Waals surface area contributed by atoms with Gasteiger partial charge in [-0.1, -0.05) is 0 Å². The maximum atomic E-state index is 12.4. The molecule has 0 atom stereocenters. The van der Waals surface area contributed by atoms with E-state index in [1.54, 1.807) is 13.8 Å². The first-order chi connectivity index (χ1) is 13.5. The van der Waals surface area contributed by atoms with Gasteiger partial charge in [-0.25, -0.2) is 0 Å². The van der Waals surface area contributed by atoms with Crippen molar-refractivity contribution in [2.45, 2.75) is 13.8 Å². The lowest BCUT2D eigenvalue weighted by atomic mass is 9.97. The predicted molar refractivity (Wildman–Crippen MR) is 105 cm³/mol. The lowest BCUT2D eigenvalue weighted by molar-refractivity contribution is -0.142. The number of alkyl halides is 1. The van der Waals surface area contributed by atoms with Gasteiger partial charge in [-0.3, -0.25) is 9.59 Å². The fourth-order valence-electron chi connectivity index (χ4n) is 2.51. The molecule has 0 unspecified atom stereocenters. The van der Waals surface area contributed by atoms with Crippen LogP contribution in [0.4, 0.5) is 0 Å². The molecule has 0 aliphatic rings. The molecule has 0 aliphatic carbocycles. The van der Waals surface area contributed by atoms with E-state index in [1.165, 1.54) is 12.1 Å². The van der Waals surface area contributed by atoms with Crippen LogP contribution in [0.15, 0.2) is 39.5 Å². The molecule has 152 valence electrons. The number of ether oxygens (including phenoxy) is 1. The van der Waals surface area contributed by atoms with Crippen molar-refractivity contribution in [1.29, 1.82) is 0 Å². The van der Waals surface area contributed by atoms with Crippen LogP contribution in [-0.2, 0) is 4.79 Å². The Kier molecular flexibility index (Phi) is 5.06. The summed E-state index contributed by atoms with van der Waals surface area (Å²) in [4.78, 5) is 24.5. The van der Waals surface area contributed by atoms with Gasteiger partial charge in [0.15, 0.2) is 17.3 Å². The van der Waals surface area contributed by atoms with Gasteiger partial charge in [0, 0.05) is 23.6 Å². The van der Waals surface area contributed by atoms with E-state index in [1.807, 2.05) is 0 Å². The maximum absolute atomic E-state index is 12.4. The quantitative estimate of drug-likeness (QED) is 0.286. The first kappa shape index (κ1) is 20.3. The van der Waals surface area contributed by atoms with Gasteiger partial charge in [0.05, 0.1) is 5.41 Å². The molecule has 8 nitrogen and oxygen atoms in total. The lowest BCUT2D eigenvalue weighted by Gasteiger charge is -2.19. The molecule has 0 fully saturated rings. The molecule has 3 rings (SSSR count). The number of hydrogen-bond acceptors (Lipinski definition) is 8. The molecule has 4 N–H and O–H groups in total. The third kappa shape index (κ3) is 3.66. The van der Waals surface area contributed by atoms with Gasteiger partial charge in [0.2, 0.25) is 11.2 Å². The number of benzene rings is 2. The van der Waals surface area contributed by atoms with Crippen LogP contribution in [0.25, 0.3) is 22.3 Å². The van der Waals surface area contributed by atoms with Crippen molar-refractivity contribution < 1.29 is 34.4 Å². The van der Waals surface area contributed by atoms with Crippen molar-refractivity contribution in [2.75, 3.05) is 5.88 Å². The van der Waals surface area contributed by atoms with Crippen molar-refractivity contribution >= 4 is 28.5 Å². The second-order valence-electron chi connectivity index (χ2n) is 7.04. The Hall–Kier alpha value is -3.39. The molecule has 2 aromatic carbocycles. The van der Waals surface area contributed by atoms with Gasteiger partial charge < -0.3 is 29.6 Å². The number of rotatable bonds is 4. The van der Waals surface area contributed by atoms with Crippen LogP contribution in [0.5, 0.6) is 28.7 Å². The minimum atomic E-state index is -0.972. The number of fused-ring (bicyclic) bond motifs is 1. The van der Waals surface area contributed by atoms with Crippen LogP contribution in [0.2, 0.25) is 0 Å². The molecule has 0 bridgehead atoms. The number of halogens is 1. The van der Waals surface area contributed by atoms with Crippen molar-refractivity contribution in [3.05, 3.63) is 40.6 Å². The van der Waals surface area contributed by atoms with Gasteiger partial charge in [0.1, 0.15) is 22.5 Å². The Labute approximate surface area is 169 Å². The van der Waals surface area contributed by atoms with Gasteiger partial charge in [-0.05, 0) is 32.0 Å². The first-order valence-corrected chi connectivity index (χ1v) is 8.92. The standard InChI is InChI=1S/C20H17ClO8/c1-20(2,8-21)19(27)29-13-4-3-9(5-11(13)23)18-17(26)16(25)15-12(24)6-10(22)7-14(15)28-18/h3-7,22-24,26H,8H2,1-2H3. The third-order valence-electron chi connectivity index (χ3n) is 4.25. The minimum Gasteiger partial charge on any atom is -0.508 e. The van der Waals surface area contributed by atoms with Gasteiger partial charge in [-0.2, -0.15) is 0 Å². The highest BCUT2D eigenvalue weighted by molar-refractivity contribution is 6.19. The van der Waals surface area contributed by atoms with E-state index in [0.717, 1.165) is 18.2 Å². The number of esters is 1. The highest BCUT2D eigenvalue weighted by Crippen LogP contribution is 2.38. The second kappa shape index (κ2) is 7.21. The topological polar surface area (TPSA) is 137 Å². The van der Waals surface area contributed by atoms with Crippen LogP contribution in [-0.4, -0.2) is 32.3 Å². The molecule has 9 heteroatoms. The van der Waals surface area contributed by atoms with E-state index in [9.17, 15) is 30.0 Å². The number of phenols is 3. The Morgan fingerprint density at radius 2 is 1.79 bits per heavy atom. The normalized spacial score (nSPS) is 11.6. The summed E-state index contributed by atoms with van der Waals surface area (Å²) in [5, 5.41) is 39.6. The Morgan fingerprint density at radius 3 is 2.41 bits per heavy atom. The fraction of sp³-hybridized carbons (Fsp3) is 0.200. The zero-order valence-electron chi connectivity index (χ0n) is 15.4. The smallest absolute Gasteiger partial charge is 0.318 e. The van der Waals surface area contributed by atoms with Crippen LogP contribution in [0.3, 0.4) is 0 Å². The first-order valence-electron chi connectivity index (χ1n) is 8.38. The predicted octanol–water partition coefficient (Wildman–Crippen LogP) is 3.45. The zero-order valence-corrected chi connectivity index (χ0v) is 16.1. The third-order valence-corrected chi connectivity index (χ3v) is 4.91. The van der Waals surface area contributed by atoms with Crippen LogP contribution < -0.4 is 10.2 Å². The number of carbonyl (C=O) groups is 1. The summed E-state index contributed by atoms with van der Waals surface area (Å²) in [6.07, 6.45) is 0. The van der Waals surface area contributed by atoms with Gasteiger partial charge in [0.25, 0.3) is 0 Å². The summed E-state index contributed by atoms with van der Waals surface area (Å²) in [5.41, 5.74) is -1.96. The van der Waals surface area contributed by atoms with Crippen molar-refractivity contribution in [3.8, 4) is 40.1 Å². The average molecular weight is 421 g/mol. The molecule has 1 aromatic heterocycles. The highest BCUT2D eigenvalue weighted by atomic mass is 35.5. The molecular weight excluding hydrogens is 404 g/mol. The van der Waals surface area contributed by atoms with E-state index in [-0.39, 0.29) is 39.7 Å². The van der Waals surface area contributed by atoms with Crippen molar-refractivity contribution in [2.24, 2.45) is 5.41 Å². The molecule has 29 heavy (non-hydrogen) atoms. The average Bonchev–Trinajstić information content (AvgIpc) is 2.65. The van der Waals surface area contributed by atoms with Crippen LogP contribution >= 0.6 is 11.6 Å². The van der Waals surface area contributed by atoms with E-state index in [0.29, 0.717) is 0 Å². The summed E-state index contributed by atoms with van der Waals surface area (Å²) in [6, 6.07) is 5.78. The molecule has 1 heterocycles. The van der Waals surface area contributed by atoms with Crippen LogP contribution in [0.1, 0.15) is 13.8 Å². The second-order valence-corrected chi connectivity index (χ2v) is 7.30. The zero-order chi connectivity index (χ0) is 21.5. The van der Waals surface area contributed by atoms with E-state index in [4.69, 9.17) is 20.8 Å². The number of carbonyl (C=O) groups excluding carboxylic acids is 1. The molecule has 0 saturated heterocycles. The number of aromatic hydroxyl groups is 4. The molecule has 0 spiro atoms. The lowest BCUT2D eigenvalue weighted by Crippen LogP contribution is -2.30. The fourth-order valence-corrected chi connectivity index (χ4v) is 2.62. The summed E-state index contributed by atoms with van der Waals surface area (Å²) < 4.78 is 10.6. The highest BCUT2D eigenvalue weighted by Gasteiger charge is 2.29. The van der Waals surface area contributed by atoms with Gasteiger partial charge >= 0.3 is 5.97 Å². The molecule has 0 radical (unpaired) electrons. The van der Waals surface area contributed by atoms with E-state index in [2.05, 4.69) is 0 Å². The summed E-state index contributed by atoms with van der Waals surface area (Å²) in [6.45, 7) is 3.17. The molecule has 0 amide bonds. The van der Waals surface area contributed by atoms with E-state index >= 15 is 0 Å². The minimum absolute atomic E-state index is 0.0144. The van der Waals surface area contributed by atoms with E-state index < -0.39 is 34.1 Å². The molecule has 0 saturated carbocycles. The maximum Gasteiger partial charge on any atom is 0.318 e. The number of hydrogen-bond donors (Lipinski definition) is 4. The van der Waals surface area contributed by atoms with Gasteiger partial charge in [-0.15, -0.1) is 11.6 Å². The van der Waals surface area contributed by atoms with Crippen LogP contribution in [0, 0.1) is 5.41 Å². The number of phenolic OH excluding ortho intramolecular Hbond substituents is 3. The Morgan fingerprint density at radius 1 is 1.10 bits per heavy atom. The molecule has 3 aromatic rings. The van der Waals surface area contributed by atoms with Crippen molar-refractivity contribution in [3.63, 3.8) is 0 Å². The summed E-state index contributed by atoms with van der Waals surface area (Å²) in [7, 11) is 0. The SMILES string of the molecule is CC(C)(CCl)C(=O)Oc1ccc(-c2oc3cc(O)cc(O)c3c(=O)c2O)cc1O. The molecule has 0 aliphatic heterocycles. The summed E-state index contributed by atoms with van der Waals surface area (Å²) >= 11 is 5.73. The Balaban J connectivity index is 2.07. The van der Waals surface area contributed by atoms with Crippen molar-refractivity contribution in [1.82, 2.24) is 0 Å².